The van der Waals surface area contributed by atoms with Crippen LogP contribution in [0.25, 0.3) is 0 Å². The monoisotopic (exact) mass is 206 g/mol. The van der Waals surface area contributed by atoms with Gasteiger partial charge in [0.25, 0.3) is 0 Å². The van der Waals surface area contributed by atoms with Gasteiger partial charge in [-0.1, -0.05) is 19.1 Å². The Bertz CT molecular complexity index is 356. The number of benzene rings is 1. The third-order valence-electron chi connectivity index (χ3n) is 2.72. The van der Waals surface area contributed by atoms with Crippen LogP contribution in [0, 0.1) is 6.92 Å². The van der Waals surface area contributed by atoms with Gasteiger partial charge in [0.2, 0.25) is 0 Å². The van der Waals surface area contributed by atoms with Gasteiger partial charge in [0.1, 0.15) is 11.5 Å². The molecule has 0 saturated carbocycles. The van der Waals surface area contributed by atoms with Crippen LogP contribution in [0.5, 0.6) is 5.75 Å². The second-order valence-electron chi connectivity index (χ2n) is 4.19. The van der Waals surface area contributed by atoms with Crippen LogP contribution >= 0.6 is 0 Å². The molecule has 0 saturated heterocycles. The summed E-state index contributed by atoms with van der Waals surface area (Å²) in [6.07, 6.45) is 1.50. The molecule has 0 spiro atoms. The van der Waals surface area contributed by atoms with E-state index in [4.69, 9.17) is 0 Å². The van der Waals surface area contributed by atoms with Gasteiger partial charge in [-0.05, 0) is 43.4 Å². The minimum atomic E-state index is 0.234. The van der Waals surface area contributed by atoms with Crippen molar-refractivity contribution in [1.82, 2.24) is 0 Å². The summed E-state index contributed by atoms with van der Waals surface area (Å²) >= 11 is 0. The predicted octanol–water partition coefficient (Wildman–Crippen LogP) is 3.17. The Balaban J connectivity index is 2.69. The fraction of sp³-hybridized carbons (Fsp3) is 0.462. The highest BCUT2D eigenvalue weighted by molar-refractivity contribution is 5.75. The molecule has 2 nitrogen and oxygen atoms in total. The first-order chi connectivity index (χ1) is 7.00. The quantitative estimate of drug-likeness (QED) is 0.821. The third-order valence-corrected chi connectivity index (χ3v) is 2.72. The van der Waals surface area contributed by atoms with Gasteiger partial charge in [0, 0.05) is 6.42 Å². The highest BCUT2D eigenvalue weighted by atomic mass is 16.3. The van der Waals surface area contributed by atoms with E-state index >= 15 is 0 Å². The van der Waals surface area contributed by atoms with Crippen molar-refractivity contribution in [3.8, 4) is 5.75 Å². The smallest absolute Gasteiger partial charge is 0.129 e. The van der Waals surface area contributed by atoms with Crippen LogP contribution in [-0.4, -0.2) is 10.9 Å². The second kappa shape index (κ2) is 4.96. The molecule has 1 unspecified atom stereocenters. The number of rotatable bonds is 4. The van der Waals surface area contributed by atoms with Gasteiger partial charge in [0.15, 0.2) is 0 Å². The molecule has 1 aromatic carbocycles. The van der Waals surface area contributed by atoms with Crippen LogP contribution in [-0.2, 0) is 4.79 Å². The molecule has 1 aromatic rings. The highest BCUT2D eigenvalue weighted by Gasteiger charge is 2.08. The Morgan fingerprint density at radius 1 is 1.47 bits per heavy atom. The summed E-state index contributed by atoms with van der Waals surface area (Å²) in [5.74, 6) is 0.933. The van der Waals surface area contributed by atoms with E-state index in [1.165, 1.54) is 5.56 Å². The van der Waals surface area contributed by atoms with Crippen molar-refractivity contribution in [3.63, 3.8) is 0 Å². The molecule has 1 atom stereocenters. The number of carbonyl (C=O) groups excluding carboxylic acids is 1. The summed E-state index contributed by atoms with van der Waals surface area (Å²) in [4.78, 5) is 10.9. The first kappa shape index (κ1) is 11.8. The molecule has 0 heterocycles. The van der Waals surface area contributed by atoms with Crippen molar-refractivity contribution in [2.45, 2.75) is 39.5 Å². The van der Waals surface area contributed by atoms with Crippen LogP contribution < -0.4 is 0 Å². The second-order valence-corrected chi connectivity index (χ2v) is 4.19. The molecule has 0 aliphatic rings. The molecule has 0 aliphatic carbocycles. The van der Waals surface area contributed by atoms with E-state index in [0.29, 0.717) is 18.1 Å². The zero-order valence-electron chi connectivity index (χ0n) is 9.58. The summed E-state index contributed by atoms with van der Waals surface area (Å²) in [6, 6.07) is 5.63. The Morgan fingerprint density at radius 3 is 2.67 bits per heavy atom. The van der Waals surface area contributed by atoms with Crippen molar-refractivity contribution in [2.24, 2.45) is 0 Å². The summed E-state index contributed by atoms with van der Waals surface area (Å²) in [5.41, 5.74) is 2.08. The maximum absolute atomic E-state index is 10.9. The van der Waals surface area contributed by atoms with Crippen LogP contribution in [0.2, 0.25) is 0 Å². The van der Waals surface area contributed by atoms with Gasteiger partial charge >= 0.3 is 0 Å². The van der Waals surface area contributed by atoms with Gasteiger partial charge in [0.05, 0.1) is 0 Å². The molecule has 0 aliphatic heterocycles. The number of hydrogen-bond donors (Lipinski definition) is 1. The maximum Gasteiger partial charge on any atom is 0.129 e. The lowest BCUT2D eigenvalue weighted by Crippen LogP contribution is -1.98. The average Bonchev–Trinajstić information content (AvgIpc) is 2.18. The van der Waals surface area contributed by atoms with Gasteiger partial charge in [-0.3, -0.25) is 0 Å². The molecule has 0 radical (unpaired) electrons. The number of Topliss-reactive ketones (excluding diaryl/α,β-unsaturated/α-hetero) is 1. The summed E-state index contributed by atoms with van der Waals surface area (Å²) in [7, 11) is 0. The molecule has 1 rings (SSSR count). The van der Waals surface area contributed by atoms with Crippen LogP contribution in [0.1, 0.15) is 43.7 Å². The van der Waals surface area contributed by atoms with E-state index in [2.05, 4.69) is 6.92 Å². The van der Waals surface area contributed by atoms with E-state index in [0.717, 1.165) is 12.0 Å². The first-order valence-corrected chi connectivity index (χ1v) is 5.29. The number of phenols is 1. The van der Waals surface area contributed by atoms with Crippen molar-refractivity contribution in [3.05, 3.63) is 29.3 Å². The van der Waals surface area contributed by atoms with E-state index < -0.39 is 0 Å². The lowest BCUT2D eigenvalue weighted by molar-refractivity contribution is -0.117. The number of carbonyl (C=O) groups is 1. The molecule has 82 valence electrons. The molecule has 0 amide bonds. The maximum atomic E-state index is 10.9. The largest absolute Gasteiger partial charge is 0.508 e. The number of phenolic OH excluding ortho intramolecular Hbond substituents is 1. The van der Waals surface area contributed by atoms with Crippen molar-refractivity contribution >= 4 is 5.78 Å². The molecular formula is C13H18O2. The van der Waals surface area contributed by atoms with Crippen molar-refractivity contribution in [1.29, 1.82) is 0 Å². The number of hydrogen-bond acceptors (Lipinski definition) is 2. The number of aromatic hydroxyl groups is 1. The lowest BCUT2D eigenvalue weighted by Gasteiger charge is -2.12. The third kappa shape index (κ3) is 3.39. The summed E-state index contributed by atoms with van der Waals surface area (Å²) < 4.78 is 0. The number of ketones is 1. The number of aryl methyl sites for hydroxylation is 1. The fourth-order valence-electron chi connectivity index (χ4n) is 1.57. The molecule has 1 N–H and O–H groups in total. The summed E-state index contributed by atoms with van der Waals surface area (Å²) in [6.45, 7) is 5.61. The van der Waals surface area contributed by atoms with Gasteiger partial charge < -0.3 is 9.90 Å². The van der Waals surface area contributed by atoms with E-state index in [1.54, 1.807) is 13.0 Å². The fourth-order valence-corrected chi connectivity index (χ4v) is 1.57. The predicted molar refractivity (Wildman–Crippen MR) is 61.2 cm³/mol. The molecule has 0 fully saturated rings. The molecule has 0 aromatic heterocycles. The first-order valence-electron chi connectivity index (χ1n) is 5.29. The van der Waals surface area contributed by atoms with E-state index in [9.17, 15) is 9.90 Å². The molecule has 0 bridgehead atoms. The Labute approximate surface area is 90.9 Å². The Kier molecular flexibility index (Phi) is 3.89. The minimum Gasteiger partial charge on any atom is -0.508 e. The molecular weight excluding hydrogens is 188 g/mol. The average molecular weight is 206 g/mol. The standard InChI is InChI=1S/C13H18O2/c1-9(4-5-11(3)14)12-6-7-13(15)10(2)8-12/h6-9,15H,4-5H2,1-3H3. The SMILES string of the molecule is CC(=O)CCC(C)c1ccc(O)c(C)c1. The topological polar surface area (TPSA) is 37.3 Å². The van der Waals surface area contributed by atoms with Gasteiger partial charge in [-0.2, -0.15) is 0 Å². The zero-order valence-corrected chi connectivity index (χ0v) is 9.58. The highest BCUT2D eigenvalue weighted by Crippen LogP contribution is 2.25. The lowest BCUT2D eigenvalue weighted by atomic mass is 9.94. The van der Waals surface area contributed by atoms with Crippen LogP contribution in [0.4, 0.5) is 0 Å². The Hall–Kier alpha value is -1.31. The molecule has 15 heavy (non-hydrogen) atoms. The normalized spacial score (nSPS) is 12.5. The van der Waals surface area contributed by atoms with Gasteiger partial charge in [-0.25, -0.2) is 0 Å². The van der Waals surface area contributed by atoms with Crippen molar-refractivity contribution in [2.75, 3.05) is 0 Å². The minimum absolute atomic E-state index is 0.234. The summed E-state index contributed by atoms with van der Waals surface area (Å²) in [5, 5.41) is 9.39. The van der Waals surface area contributed by atoms with E-state index in [1.807, 2.05) is 19.1 Å². The van der Waals surface area contributed by atoms with Crippen molar-refractivity contribution < 1.29 is 9.90 Å². The van der Waals surface area contributed by atoms with Crippen LogP contribution in [0.15, 0.2) is 18.2 Å². The van der Waals surface area contributed by atoms with Crippen LogP contribution in [0.3, 0.4) is 0 Å². The van der Waals surface area contributed by atoms with Gasteiger partial charge in [-0.15, -0.1) is 0 Å². The van der Waals surface area contributed by atoms with E-state index in [-0.39, 0.29) is 5.78 Å². The zero-order chi connectivity index (χ0) is 11.4. The molecule has 2 heteroatoms. The Morgan fingerprint density at radius 2 is 2.13 bits per heavy atom.